The Labute approximate surface area is 166 Å². The van der Waals surface area contributed by atoms with Gasteiger partial charge in [-0.05, 0) is 29.8 Å². The Morgan fingerprint density at radius 2 is 1.76 bits per heavy atom. The summed E-state index contributed by atoms with van der Waals surface area (Å²) in [6.45, 7) is 0.168. The quantitative estimate of drug-likeness (QED) is 0.407. The minimum Gasteiger partial charge on any atom is -0.454 e. The van der Waals surface area contributed by atoms with E-state index in [1.165, 1.54) is 0 Å². The van der Waals surface area contributed by atoms with Crippen molar-refractivity contribution in [2.75, 3.05) is 6.79 Å². The van der Waals surface area contributed by atoms with Gasteiger partial charge >= 0.3 is 0 Å². The molecule has 0 aliphatic carbocycles. The molecule has 0 radical (unpaired) electrons. The number of hydrazone groups is 1. The number of aromatic nitrogens is 1. The van der Waals surface area contributed by atoms with Crippen LogP contribution < -0.4 is 14.9 Å². The number of fused-ring (bicyclic) bond motifs is 2. The highest BCUT2D eigenvalue weighted by Gasteiger charge is 2.16. The summed E-state index contributed by atoms with van der Waals surface area (Å²) in [4.78, 5) is 15.9. The van der Waals surface area contributed by atoms with Crippen LogP contribution in [0.25, 0.3) is 22.2 Å². The molecule has 0 atom stereocenters. The second-order valence-electron chi connectivity index (χ2n) is 6.59. The molecule has 2 heterocycles. The van der Waals surface area contributed by atoms with Gasteiger partial charge in [-0.3, -0.25) is 4.79 Å². The maximum Gasteiger partial charge on any atom is 0.271 e. The monoisotopic (exact) mass is 383 g/mol. The zero-order valence-electron chi connectivity index (χ0n) is 15.4. The first kappa shape index (κ1) is 17.1. The summed E-state index contributed by atoms with van der Waals surface area (Å²) in [5, 5.41) is 5.24. The zero-order valence-corrected chi connectivity index (χ0v) is 15.4. The number of hydrogen-bond acceptors (Lipinski definition) is 4. The Bertz CT molecular complexity index is 1230. The van der Waals surface area contributed by atoms with Crippen molar-refractivity contribution in [3.05, 3.63) is 83.9 Å². The largest absolute Gasteiger partial charge is 0.454 e. The van der Waals surface area contributed by atoms with Crippen molar-refractivity contribution in [1.82, 2.24) is 10.4 Å². The molecule has 3 aromatic carbocycles. The number of aromatic amines is 1. The van der Waals surface area contributed by atoms with Crippen LogP contribution in [-0.4, -0.2) is 23.9 Å². The van der Waals surface area contributed by atoms with Gasteiger partial charge in [0, 0.05) is 22.0 Å². The summed E-state index contributed by atoms with van der Waals surface area (Å²) in [7, 11) is 0. The van der Waals surface area contributed by atoms with Crippen LogP contribution in [0.5, 0.6) is 11.5 Å². The van der Waals surface area contributed by atoms with E-state index in [-0.39, 0.29) is 12.7 Å². The third kappa shape index (κ3) is 3.21. The van der Waals surface area contributed by atoms with E-state index in [1.54, 1.807) is 24.4 Å². The van der Waals surface area contributed by atoms with Crippen LogP contribution >= 0.6 is 0 Å². The SMILES string of the molecule is O=C(NN=Cc1c(-c2ccccc2)[nH]c2ccccc12)c1ccc2c(c1)OCO2. The molecule has 0 fully saturated rings. The summed E-state index contributed by atoms with van der Waals surface area (Å²) in [6.07, 6.45) is 1.67. The van der Waals surface area contributed by atoms with Gasteiger partial charge in [-0.2, -0.15) is 5.10 Å². The van der Waals surface area contributed by atoms with Crippen molar-refractivity contribution >= 4 is 23.0 Å². The maximum absolute atomic E-state index is 12.5. The molecule has 0 saturated heterocycles. The smallest absolute Gasteiger partial charge is 0.271 e. The molecular weight excluding hydrogens is 366 g/mol. The number of ether oxygens (including phenoxy) is 2. The number of nitrogens with one attached hydrogen (secondary N) is 2. The standard InChI is InChI=1S/C23H17N3O3/c27-23(16-10-11-20-21(12-16)29-14-28-20)26-24-13-18-17-8-4-5-9-19(17)25-22(18)15-6-2-1-3-7-15/h1-13,25H,14H2,(H,26,27). The number of hydrogen-bond donors (Lipinski definition) is 2. The summed E-state index contributed by atoms with van der Waals surface area (Å²) in [5.41, 5.74) is 6.97. The van der Waals surface area contributed by atoms with E-state index in [1.807, 2.05) is 54.6 Å². The fourth-order valence-electron chi connectivity index (χ4n) is 3.39. The third-order valence-electron chi connectivity index (χ3n) is 4.80. The number of para-hydroxylation sites is 1. The second-order valence-corrected chi connectivity index (χ2v) is 6.59. The summed E-state index contributed by atoms with van der Waals surface area (Å²) >= 11 is 0. The van der Waals surface area contributed by atoms with E-state index in [2.05, 4.69) is 15.5 Å². The van der Waals surface area contributed by atoms with Crippen LogP contribution in [0.15, 0.2) is 77.9 Å². The van der Waals surface area contributed by atoms with E-state index < -0.39 is 0 Å². The summed E-state index contributed by atoms with van der Waals surface area (Å²) < 4.78 is 10.6. The Balaban J connectivity index is 1.44. The summed E-state index contributed by atoms with van der Waals surface area (Å²) in [6, 6.07) is 23.1. The first-order valence-corrected chi connectivity index (χ1v) is 9.19. The minimum atomic E-state index is -0.319. The topological polar surface area (TPSA) is 75.7 Å². The predicted molar refractivity (Wildman–Crippen MR) is 111 cm³/mol. The number of carbonyl (C=O) groups is 1. The highest BCUT2D eigenvalue weighted by atomic mass is 16.7. The number of rotatable bonds is 4. The van der Waals surface area contributed by atoms with Gasteiger partial charge in [-0.15, -0.1) is 0 Å². The number of H-pyrrole nitrogens is 1. The predicted octanol–water partition coefficient (Wildman–Crippen LogP) is 4.33. The molecule has 142 valence electrons. The van der Waals surface area contributed by atoms with Gasteiger partial charge in [0.1, 0.15) is 0 Å². The van der Waals surface area contributed by atoms with Crippen LogP contribution in [0, 0.1) is 0 Å². The molecule has 1 aliphatic heterocycles. The number of carbonyl (C=O) groups excluding carboxylic acids is 1. The number of amides is 1. The molecule has 1 aromatic heterocycles. The van der Waals surface area contributed by atoms with Crippen LogP contribution in [0.3, 0.4) is 0 Å². The average molecular weight is 383 g/mol. The fraction of sp³-hybridized carbons (Fsp3) is 0.0435. The molecule has 2 N–H and O–H groups in total. The molecule has 0 spiro atoms. The van der Waals surface area contributed by atoms with E-state index in [0.717, 1.165) is 27.7 Å². The molecular formula is C23H17N3O3. The Morgan fingerprint density at radius 3 is 2.66 bits per heavy atom. The molecule has 0 unspecified atom stereocenters. The molecule has 5 rings (SSSR count). The lowest BCUT2D eigenvalue weighted by Crippen LogP contribution is -2.17. The Kier molecular flexibility index (Phi) is 4.22. The van der Waals surface area contributed by atoms with Crippen molar-refractivity contribution in [3.8, 4) is 22.8 Å². The van der Waals surface area contributed by atoms with Crippen LogP contribution in [0.1, 0.15) is 15.9 Å². The fourth-order valence-corrected chi connectivity index (χ4v) is 3.39. The molecule has 4 aromatic rings. The Hall–Kier alpha value is -4.06. The maximum atomic E-state index is 12.5. The average Bonchev–Trinajstić information content (AvgIpc) is 3.38. The van der Waals surface area contributed by atoms with Gasteiger partial charge < -0.3 is 14.5 Å². The van der Waals surface area contributed by atoms with E-state index in [0.29, 0.717) is 17.1 Å². The van der Waals surface area contributed by atoms with Gasteiger partial charge in [0.25, 0.3) is 5.91 Å². The molecule has 6 nitrogen and oxygen atoms in total. The lowest BCUT2D eigenvalue weighted by molar-refractivity contribution is 0.0954. The molecule has 1 aliphatic rings. The van der Waals surface area contributed by atoms with Gasteiger partial charge in [0.15, 0.2) is 11.5 Å². The normalized spacial score (nSPS) is 12.6. The highest BCUT2D eigenvalue weighted by Crippen LogP contribution is 2.32. The van der Waals surface area contributed by atoms with Crippen molar-refractivity contribution in [2.45, 2.75) is 0 Å². The van der Waals surface area contributed by atoms with E-state index in [4.69, 9.17) is 9.47 Å². The zero-order chi connectivity index (χ0) is 19.6. The van der Waals surface area contributed by atoms with Crippen molar-refractivity contribution in [2.24, 2.45) is 5.10 Å². The minimum absolute atomic E-state index is 0.168. The third-order valence-corrected chi connectivity index (χ3v) is 4.80. The molecule has 1 amide bonds. The first-order valence-electron chi connectivity index (χ1n) is 9.19. The highest BCUT2D eigenvalue weighted by molar-refractivity contribution is 6.06. The Morgan fingerprint density at radius 1 is 0.966 bits per heavy atom. The number of nitrogens with zero attached hydrogens (tertiary/aromatic N) is 1. The van der Waals surface area contributed by atoms with Crippen LogP contribution in [-0.2, 0) is 0 Å². The molecule has 0 saturated carbocycles. The lowest BCUT2D eigenvalue weighted by Gasteiger charge is -2.03. The summed E-state index contributed by atoms with van der Waals surface area (Å²) in [5.74, 6) is 0.877. The van der Waals surface area contributed by atoms with Gasteiger partial charge in [0.2, 0.25) is 6.79 Å². The van der Waals surface area contributed by atoms with Gasteiger partial charge in [-0.25, -0.2) is 5.43 Å². The first-order chi connectivity index (χ1) is 14.3. The second kappa shape index (κ2) is 7.16. The molecule has 29 heavy (non-hydrogen) atoms. The van der Waals surface area contributed by atoms with Crippen LogP contribution in [0.2, 0.25) is 0 Å². The molecule has 6 heteroatoms. The van der Waals surface area contributed by atoms with Crippen molar-refractivity contribution < 1.29 is 14.3 Å². The van der Waals surface area contributed by atoms with Gasteiger partial charge in [-0.1, -0.05) is 48.5 Å². The van der Waals surface area contributed by atoms with E-state index >= 15 is 0 Å². The van der Waals surface area contributed by atoms with Crippen molar-refractivity contribution in [3.63, 3.8) is 0 Å². The number of benzene rings is 3. The molecule has 0 bridgehead atoms. The van der Waals surface area contributed by atoms with E-state index in [9.17, 15) is 4.79 Å². The van der Waals surface area contributed by atoms with Crippen molar-refractivity contribution in [1.29, 1.82) is 0 Å². The van der Waals surface area contributed by atoms with Gasteiger partial charge in [0.05, 0.1) is 11.9 Å². The lowest BCUT2D eigenvalue weighted by atomic mass is 10.1. The van der Waals surface area contributed by atoms with Crippen LogP contribution in [0.4, 0.5) is 0 Å².